The molecule has 0 heterocycles. The second-order valence-corrected chi connectivity index (χ2v) is 18.4. The molecule has 0 aliphatic carbocycles. The van der Waals surface area contributed by atoms with Gasteiger partial charge in [0.2, 0.25) is 0 Å². The molecule has 2 aromatic rings. The minimum atomic E-state index is -0.912. The number of carboxylic acid groups (broad SMARTS) is 1. The lowest BCUT2D eigenvalue weighted by atomic mass is 10.2. The molecule has 0 saturated carbocycles. The fourth-order valence-electron chi connectivity index (χ4n) is 5.18. The Balaban J connectivity index is 0.000000371. The van der Waals surface area contributed by atoms with Gasteiger partial charge in [0.15, 0.2) is 0 Å². The van der Waals surface area contributed by atoms with Crippen molar-refractivity contribution in [3.8, 4) is 0 Å². The Labute approximate surface area is 230 Å². The van der Waals surface area contributed by atoms with Crippen molar-refractivity contribution in [1.82, 2.24) is 0 Å². The van der Waals surface area contributed by atoms with Crippen molar-refractivity contribution in [3.05, 3.63) is 59.7 Å². The number of carbonyl (C=O) groups is 1. The van der Waals surface area contributed by atoms with Gasteiger partial charge in [0.1, 0.15) is 0 Å². The minimum Gasteiger partial charge on any atom is -0.481 e. The first-order valence-corrected chi connectivity index (χ1v) is 18.8. The summed E-state index contributed by atoms with van der Waals surface area (Å²) in [5.41, 5.74) is 2.15. The molecule has 0 atom stereocenters. The van der Waals surface area contributed by atoms with E-state index in [9.17, 15) is 4.79 Å². The van der Waals surface area contributed by atoms with Crippen LogP contribution in [0.1, 0.15) is 66.5 Å². The zero-order valence-electron chi connectivity index (χ0n) is 24.8. The molecular formula is C32H54O3Si2. The van der Waals surface area contributed by atoms with Crippen molar-refractivity contribution >= 4 is 33.9 Å². The zero-order chi connectivity index (χ0) is 28.0. The van der Waals surface area contributed by atoms with Crippen molar-refractivity contribution in [2.24, 2.45) is 23.7 Å². The highest BCUT2D eigenvalue weighted by atomic mass is 28.3. The Morgan fingerprint density at radius 2 is 0.946 bits per heavy atom. The van der Waals surface area contributed by atoms with Crippen LogP contribution in [0, 0.1) is 23.7 Å². The lowest BCUT2D eigenvalue weighted by Gasteiger charge is -2.20. The third kappa shape index (κ3) is 14.7. The quantitative estimate of drug-likeness (QED) is 0.287. The molecule has 5 heteroatoms. The average molecular weight is 543 g/mol. The van der Waals surface area contributed by atoms with Crippen LogP contribution < -0.4 is 10.4 Å². The molecule has 2 N–H and O–H groups in total. The normalized spacial score (nSPS) is 11.6. The minimum absolute atomic E-state index is 0.126. The van der Waals surface area contributed by atoms with Crippen LogP contribution in [-0.4, -0.2) is 40.4 Å². The number of benzene rings is 2. The first kappa shape index (κ1) is 33.3. The van der Waals surface area contributed by atoms with E-state index in [0.29, 0.717) is 0 Å². The summed E-state index contributed by atoms with van der Waals surface area (Å²) in [6, 6.07) is 22.8. The molecule has 0 saturated heterocycles. The monoisotopic (exact) mass is 542 g/mol. The number of hydrogen-bond acceptors (Lipinski definition) is 2. The Bertz CT molecular complexity index is 854. The Morgan fingerprint density at radius 3 is 1.22 bits per heavy atom. The van der Waals surface area contributed by atoms with Crippen molar-refractivity contribution < 1.29 is 15.0 Å². The van der Waals surface area contributed by atoms with Crippen molar-refractivity contribution in [2.45, 2.75) is 92.4 Å². The smallest absolute Gasteiger partial charge is 0.307 e. The fraction of sp³-hybridized carbons (Fsp3) is 0.594. The lowest BCUT2D eigenvalue weighted by molar-refractivity contribution is -0.136. The second-order valence-electron chi connectivity index (χ2n) is 12.4. The summed E-state index contributed by atoms with van der Waals surface area (Å²) in [5, 5.41) is 20.8. The van der Waals surface area contributed by atoms with E-state index in [-0.39, 0.29) is 13.0 Å². The van der Waals surface area contributed by atoms with E-state index < -0.39 is 23.6 Å². The molecule has 0 aliphatic heterocycles. The van der Waals surface area contributed by atoms with Gasteiger partial charge >= 0.3 is 5.97 Å². The molecular weight excluding hydrogens is 489 g/mol. The van der Waals surface area contributed by atoms with Crippen molar-refractivity contribution in [2.75, 3.05) is 6.61 Å². The fourth-order valence-corrected chi connectivity index (χ4v) is 12.7. The molecule has 0 spiro atoms. The SMILES string of the molecule is CC(C)C[SiH](CC(C)C)c1ccc(CC(=O)O)cc1.CC(C)C[SiH](CC(C)C)c1ccc(CCO)cc1. The molecule has 0 unspecified atom stereocenters. The maximum Gasteiger partial charge on any atom is 0.307 e. The van der Waals surface area contributed by atoms with Gasteiger partial charge in [-0.3, -0.25) is 4.79 Å². The van der Waals surface area contributed by atoms with Crippen LogP contribution in [0.5, 0.6) is 0 Å². The maximum absolute atomic E-state index is 10.7. The van der Waals surface area contributed by atoms with Crippen LogP contribution in [0.4, 0.5) is 0 Å². The Kier molecular flexibility index (Phi) is 16.0. The summed E-state index contributed by atoms with van der Waals surface area (Å²) in [7, 11) is -1.72. The van der Waals surface area contributed by atoms with Crippen LogP contribution >= 0.6 is 0 Å². The zero-order valence-corrected chi connectivity index (χ0v) is 27.1. The van der Waals surface area contributed by atoms with E-state index in [2.05, 4.69) is 91.8 Å². The summed E-state index contributed by atoms with van der Waals surface area (Å²) in [4.78, 5) is 10.7. The summed E-state index contributed by atoms with van der Waals surface area (Å²) < 4.78 is 0. The van der Waals surface area contributed by atoms with Gasteiger partial charge in [-0.15, -0.1) is 0 Å². The molecule has 3 nitrogen and oxygen atoms in total. The van der Waals surface area contributed by atoms with Gasteiger partial charge in [0.25, 0.3) is 0 Å². The molecule has 2 rings (SSSR count). The van der Waals surface area contributed by atoms with E-state index in [1.54, 1.807) is 5.19 Å². The summed E-state index contributed by atoms with van der Waals surface area (Å²) in [6.45, 7) is 18.7. The molecule has 0 amide bonds. The number of carboxylic acids is 1. The third-order valence-electron chi connectivity index (χ3n) is 6.68. The van der Waals surface area contributed by atoms with E-state index in [0.717, 1.165) is 35.7 Å². The van der Waals surface area contributed by atoms with Crippen LogP contribution in [0.25, 0.3) is 0 Å². The standard InChI is InChI=1S/C16H26O2Si.C16H28OSi/c1-12(2)10-19(11-13(3)4)15-7-5-14(6-8-15)9-16(17)18;1-13(2)11-18(12-14(3)4)16-7-5-15(6-8-16)9-10-17/h5-8,12-13,19H,9-11H2,1-4H3,(H,17,18);5-8,13-14,17-18H,9-12H2,1-4H3. The molecule has 37 heavy (non-hydrogen) atoms. The first-order chi connectivity index (χ1) is 17.4. The van der Waals surface area contributed by atoms with Gasteiger partial charge in [0.05, 0.1) is 24.0 Å². The predicted octanol–water partition coefficient (Wildman–Crippen LogP) is 6.03. The highest BCUT2D eigenvalue weighted by Crippen LogP contribution is 2.16. The van der Waals surface area contributed by atoms with Gasteiger partial charge in [-0.05, 0) is 41.2 Å². The maximum atomic E-state index is 10.7. The van der Waals surface area contributed by atoms with E-state index in [1.165, 1.54) is 34.9 Å². The highest BCUT2D eigenvalue weighted by Gasteiger charge is 2.18. The topological polar surface area (TPSA) is 57.5 Å². The van der Waals surface area contributed by atoms with Gasteiger partial charge in [0, 0.05) is 6.61 Å². The van der Waals surface area contributed by atoms with E-state index >= 15 is 0 Å². The number of aliphatic carboxylic acids is 1. The molecule has 208 valence electrons. The predicted molar refractivity (Wildman–Crippen MR) is 167 cm³/mol. The van der Waals surface area contributed by atoms with Gasteiger partial charge < -0.3 is 10.2 Å². The summed E-state index contributed by atoms with van der Waals surface area (Å²) in [6.07, 6.45) is 0.904. The van der Waals surface area contributed by atoms with Crippen LogP contribution in [0.3, 0.4) is 0 Å². The molecule has 0 aromatic heterocycles. The number of aliphatic hydroxyl groups is 1. The van der Waals surface area contributed by atoms with E-state index in [1.807, 2.05) is 12.1 Å². The van der Waals surface area contributed by atoms with Gasteiger partial charge in [-0.25, -0.2) is 0 Å². The van der Waals surface area contributed by atoms with Gasteiger partial charge in [-0.1, -0.05) is 138 Å². The third-order valence-corrected chi connectivity index (χ3v) is 15.4. The molecule has 0 aliphatic rings. The van der Waals surface area contributed by atoms with E-state index in [4.69, 9.17) is 10.2 Å². The average Bonchev–Trinajstić information content (AvgIpc) is 2.78. The van der Waals surface area contributed by atoms with Crippen LogP contribution in [0.15, 0.2) is 48.5 Å². The lowest BCUT2D eigenvalue weighted by Crippen LogP contribution is -2.32. The summed E-state index contributed by atoms with van der Waals surface area (Å²) in [5.74, 6) is 2.34. The second kappa shape index (κ2) is 17.7. The molecule has 0 radical (unpaired) electrons. The summed E-state index contributed by atoms with van der Waals surface area (Å²) >= 11 is 0. The number of aliphatic hydroxyl groups excluding tert-OH is 1. The Hall–Kier alpha value is -1.70. The largest absolute Gasteiger partial charge is 0.481 e. The highest BCUT2D eigenvalue weighted by molar-refractivity contribution is 6.73. The van der Waals surface area contributed by atoms with Crippen molar-refractivity contribution in [3.63, 3.8) is 0 Å². The van der Waals surface area contributed by atoms with Crippen LogP contribution in [-0.2, 0) is 17.6 Å². The number of rotatable bonds is 14. The molecule has 2 aromatic carbocycles. The van der Waals surface area contributed by atoms with Crippen LogP contribution in [0.2, 0.25) is 24.2 Å². The molecule has 0 fully saturated rings. The molecule has 0 bridgehead atoms. The van der Waals surface area contributed by atoms with Crippen molar-refractivity contribution in [1.29, 1.82) is 0 Å². The Morgan fingerprint density at radius 1 is 0.622 bits per heavy atom. The number of hydrogen-bond donors (Lipinski definition) is 2. The van der Waals surface area contributed by atoms with Gasteiger partial charge in [-0.2, -0.15) is 0 Å². The first-order valence-electron chi connectivity index (χ1n) is 14.4.